The third-order valence-corrected chi connectivity index (χ3v) is 5.21. The highest BCUT2D eigenvalue weighted by Crippen LogP contribution is 2.18. The van der Waals surface area contributed by atoms with Gasteiger partial charge in [-0.15, -0.1) is 0 Å². The van der Waals surface area contributed by atoms with Crippen molar-refractivity contribution in [2.45, 2.75) is 40.2 Å². The first-order valence-electron chi connectivity index (χ1n) is 10.3. The van der Waals surface area contributed by atoms with Crippen LogP contribution in [0, 0.1) is 19.8 Å². The molecule has 4 heteroatoms. The van der Waals surface area contributed by atoms with Gasteiger partial charge in [-0.1, -0.05) is 25.1 Å². The second-order valence-corrected chi connectivity index (χ2v) is 8.11. The summed E-state index contributed by atoms with van der Waals surface area (Å²) >= 11 is 0. The van der Waals surface area contributed by atoms with E-state index in [0.717, 1.165) is 18.2 Å². The smallest absolute Gasteiger partial charge is 0.251 e. The van der Waals surface area contributed by atoms with Crippen LogP contribution in [0.3, 0.4) is 0 Å². The van der Waals surface area contributed by atoms with Crippen molar-refractivity contribution in [2.24, 2.45) is 5.92 Å². The van der Waals surface area contributed by atoms with Gasteiger partial charge in [0, 0.05) is 18.7 Å². The van der Waals surface area contributed by atoms with Gasteiger partial charge in [-0.25, -0.2) is 0 Å². The molecule has 2 aromatic rings. The van der Waals surface area contributed by atoms with Crippen molar-refractivity contribution in [1.29, 1.82) is 0 Å². The van der Waals surface area contributed by atoms with Crippen LogP contribution in [0.15, 0.2) is 42.5 Å². The molecule has 1 aliphatic heterocycles. The summed E-state index contributed by atoms with van der Waals surface area (Å²) in [4.78, 5) is 14.8. The minimum atomic E-state index is -0.0535. The number of hydrogen-bond donors (Lipinski definition) is 1. The number of amides is 1. The third-order valence-electron chi connectivity index (χ3n) is 5.21. The van der Waals surface area contributed by atoms with Crippen molar-refractivity contribution in [3.8, 4) is 5.75 Å². The van der Waals surface area contributed by atoms with Gasteiger partial charge in [-0.2, -0.15) is 0 Å². The summed E-state index contributed by atoms with van der Waals surface area (Å²) in [5, 5.41) is 2.93. The Morgan fingerprint density at radius 2 is 1.86 bits per heavy atom. The molecule has 1 aliphatic rings. The predicted molar refractivity (Wildman–Crippen MR) is 114 cm³/mol. The summed E-state index contributed by atoms with van der Waals surface area (Å²) in [5.41, 5.74) is 4.32. The fourth-order valence-corrected chi connectivity index (χ4v) is 3.90. The number of benzene rings is 2. The van der Waals surface area contributed by atoms with Gasteiger partial charge in [0.2, 0.25) is 0 Å². The molecule has 150 valence electrons. The van der Waals surface area contributed by atoms with Crippen LogP contribution in [0.2, 0.25) is 0 Å². The zero-order chi connectivity index (χ0) is 19.9. The molecule has 0 aromatic heterocycles. The minimum absolute atomic E-state index is 0.0535. The maximum atomic E-state index is 12.3. The van der Waals surface area contributed by atoms with Crippen LogP contribution in [-0.2, 0) is 6.54 Å². The van der Waals surface area contributed by atoms with E-state index < -0.39 is 0 Å². The highest BCUT2D eigenvalue weighted by molar-refractivity contribution is 5.94. The maximum absolute atomic E-state index is 12.3. The van der Waals surface area contributed by atoms with Crippen molar-refractivity contribution >= 4 is 5.91 Å². The van der Waals surface area contributed by atoms with Gasteiger partial charge in [0.1, 0.15) is 12.4 Å². The van der Waals surface area contributed by atoms with Crippen LogP contribution in [-0.4, -0.2) is 37.0 Å². The van der Waals surface area contributed by atoms with Gasteiger partial charge in [-0.05, 0) is 80.1 Å². The van der Waals surface area contributed by atoms with Crippen molar-refractivity contribution < 1.29 is 9.53 Å². The molecule has 4 nitrogen and oxygen atoms in total. The third kappa shape index (κ3) is 6.10. The van der Waals surface area contributed by atoms with Crippen LogP contribution in [0.25, 0.3) is 0 Å². The molecule has 1 N–H and O–H groups in total. The average Bonchev–Trinajstić information content (AvgIpc) is 2.65. The second-order valence-electron chi connectivity index (χ2n) is 8.11. The highest BCUT2D eigenvalue weighted by atomic mass is 16.5. The van der Waals surface area contributed by atoms with Gasteiger partial charge in [-0.3, -0.25) is 9.69 Å². The van der Waals surface area contributed by atoms with E-state index in [4.69, 9.17) is 4.74 Å². The molecule has 1 atom stereocenters. The molecule has 1 saturated heterocycles. The normalized spacial score (nSPS) is 17.3. The van der Waals surface area contributed by atoms with E-state index >= 15 is 0 Å². The van der Waals surface area contributed by atoms with Gasteiger partial charge in [0.15, 0.2) is 0 Å². The quantitative estimate of drug-likeness (QED) is 0.727. The van der Waals surface area contributed by atoms with Gasteiger partial charge >= 0.3 is 0 Å². The van der Waals surface area contributed by atoms with E-state index in [-0.39, 0.29) is 5.91 Å². The monoisotopic (exact) mass is 380 g/mol. The maximum Gasteiger partial charge on any atom is 0.251 e. The molecule has 1 fully saturated rings. The number of piperidine rings is 1. The first kappa shape index (κ1) is 20.4. The molecule has 2 aromatic carbocycles. The lowest BCUT2D eigenvalue weighted by molar-refractivity contribution is 0.0947. The molecule has 1 heterocycles. The number of nitrogens with zero attached hydrogens (tertiary/aromatic N) is 1. The lowest BCUT2D eigenvalue weighted by Crippen LogP contribution is -2.33. The Morgan fingerprint density at radius 1 is 1.14 bits per heavy atom. The number of rotatable bonds is 7. The molecule has 3 rings (SSSR count). The number of carbonyl (C=O) groups excluding carboxylic acids is 1. The number of aryl methyl sites for hydroxylation is 2. The van der Waals surface area contributed by atoms with E-state index in [9.17, 15) is 4.79 Å². The van der Waals surface area contributed by atoms with E-state index in [0.29, 0.717) is 18.7 Å². The van der Waals surface area contributed by atoms with E-state index in [1.54, 1.807) is 0 Å². The van der Waals surface area contributed by atoms with Crippen molar-refractivity contribution in [3.63, 3.8) is 0 Å². The SMILES string of the molecule is Cc1cc(C)cc(OCCNC(=O)c2ccc(CN3CCCC(C)C3)cc2)c1. The average molecular weight is 381 g/mol. The molecular formula is C24H32N2O2. The fourth-order valence-electron chi connectivity index (χ4n) is 3.90. The zero-order valence-corrected chi connectivity index (χ0v) is 17.3. The number of nitrogens with one attached hydrogen (secondary N) is 1. The van der Waals surface area contributed by atoms with Crippen LogP contribution in [0.5, 0.6) is 5.75 Å². The lowest BCUT2D eigenvalue weighted by Gasteiger charge is -2.30. The van der Waals surface area contributed by atoms with E-state index in [2.05, 4.69) is 49.2 Å². The summed E-state index contributed by atoms with van der Waals surface area (Å²) in [6.07, 6.45) is 2.62. The molecule has 0 saturated carbocycles. The highest BCUT2D eigenvalue weighted by Gasteiger charge is 2.16. The van der Waals surface area contributed by atoms with E-state index in [1.165, 1.54) is 42.6 Å². The summed E-state index contributed by atoms with van der Waals surface area (Å²) < 4.78 is 5.75. The number of likely N-dealkylation sites (tertiary alicyclic amines) is 1. The first-order chi connectivity index (χ1) is 13.5. The van der Waals surface area contributed by atoms with Crippen LogP contribution >= 0.6 is 0 Å². The summed E-state index contributed by atoms with van der Waals surface area (Å²) in [7, 11) is 0. The first-order valence-corrected chi connectivity index (χ1v) is 10.3. The largest absolute Gasteiger partial charge is 0.492 e. The Bertz CT molecular complexity index is 765. The topological polar surface area (TPSA) is 41.6 Å². The minimum Gasteiger partial charge on any atom is -0.492 e. The molecule has 1 amide bonds. The Kier molecular flexibility index (Phi) is 7.10. The Balaban J connectivity index is 1.42. The number of carbonyl (C=O) groups is 1. The lowest BCUT2D eigenvalue weighted by atomic mass is 9.99. The van der Waals surface area contributed by atoms with Crippen molar-refractivity contribution in [1.82, 2.24) is 10.2 Å². The molecule has 0 radical (unpaired) electrons. The summed E-state index contributed by atoms with van der Waals surface area (Å²) in [6.45, 7) is 10.7. The van der Waals surface area contributed by atoms with Crippen LogP contribution in [0.1, 0.15) is 46.8 Å². The van der Waals surface area contributed by atoms with Crippen molar-refractivity contribution in [3.05, 3.63) is 64.7 Å². The Labute approximate surface area is 168 Å². The molecule has 0 aliphatic carbocycles. The Morgan fingerprint density at radius 3 is 2.54 bits per heavy atom. The van der Waals surface area contributed by atoms with Crippen LogP contribution in [0.4, 0.5) is 0 Å². The van der Waals surface area contributed by atoms with Gasteiger partial charge < -0.3 is 10.1 Å². The predicted octanol–water partition coefficient (Wildman–Crippen LogP) is 4.34. The molecular weight excluding hydrogens is 348 g/mol. The molecule has 0 bridgehead atoms. The second kappa shape index (κ2) is 9.74. The number of ether oxygens (including phenoxy) is 1. The Hall–Kier alpha value is -2.33. The summed E-state index contributed by atoms with van der Waals surface area (Å²) in [5.74, 6) is 1.58. The standard InChI is InChI=1S/C24H32N2O2/c1-18-5-4-11-26(16-18)17-21-6-8-22(9-7-21)24(27)25-10-12-28-23-14-19(2)13-20(3)15-23/h6-9,13-15,18H,4-5,10-12,16-17H2,1-3H3,(H,25,27). The molecule has 0 spiro atoms. The van der Waals surface area contributed by atoms with Gasteiger partial charge in [0.05, 0.1) is 6.54 Å². The number of hydrogen-bond acceptors (Lipinski definition) is 3. The van der Waals surface area contributed by atoms with Crippen molar-refractivity contribution in [2.75, 3.05) is 26.2 Å². The zero-order valence-electron chi connectivity index (χ0n) is 17.3. The van der Waals surface area contributed by atoms with E-state index in [1.807, 2.05) is 24.3 Å². The molecule has 1 unspecified atom stereocenters. The van der Waals surface area contributed by atoms with Crippen LogP contribution < -0.4 is 10.1 Å². The molecule has 28 heavy (non-hydrogen) atoms. The van der Waals surface area contributed by atoms with Gasteiger partial charge in [0.25, 0.3) is 5.91 Å². The fraction of sp³-hybridized carbons (Fsp3) is 0.458. The summed E-state index contributed by atoms with van der Waals surface area (Å²) in [6, 6.07) is 14.1.